The van der Waals surface area contributed by atoms with Crippen LogP contribution in [0.5, 0.6) is 0 Å². The molecule has 24 heavy (non-hydrogen) atoms. The quantitative estimate of drug-likeness (QED) is 0.814. The van der Waals surface area contributed by atoms with Gasteiger partial charge in [-0.2, -0.15) is 0 Å². The summed E-state index contributed by atoms with van der Waals surface area (Å²) in [6.07, 6.45) is 3.67. The van der Waals surface area contributed by atoms with Crippen LogP contribution in [0.15, 0.2) is 0 Å². The van der Waals surface area contributed by atoms with E-state index in [-0.39, 0.29) is 11.9 Å². The number of hydrogen-bond donors (Lipinski definition) is 2. The fourth-order valence-electron chi connectivity index (χ4n) is 3.32. The second kappa shape index (κ2) is 6.80. The first-order valence-corrected chi connectivity index (χ1v) is 8.84. The van der Waals surface area contributed by atoms with Crippen molar-refractivity contribution in [3.63, 3.8) is 0 Å². The number of likely N-dealkylation sites (tertiary alicyclic amines) is 1. The summed E-state index contributed by atoms with van der Waals surface area (Å²) < 4.78 is 4.87. The van der Waals surface area contributed by atoms with Gasteiger partial charge in [-0.3, -0.25) is 10.1 Å². The molecule has 0 radical (unpaired) electrons. The molecule has 7 nitrogen and oxygen atoms in total. The summed E-state index contributed by atoms with van der Waals surface area (Å²) >= 11 is 1.44. The zero-order valence-electron chi connectivity index (χ0n) is 13.5. The number of nitrogens with zero attached hydrogens (tertiary/aromatic N) is 1. The molecule has 8 heteroatoms. The smallest absolute Gasteiger partial charge is 0.341 e. The molecule has 3 rings (SSSR count). The highest BCUT2D eigenvalue weighted by atomic mass is 32.1. The fraction of sp³-hybridized carbons (Fsp3) is 0.562. The monoisotopic (exact) mass is 352 g/mol. The van der Waals surface area contributed by atoms with Crippen LogP contribution in [0.4, 0.5) is 9.80 Å². The van der Waals surface area contributed by atoms with Crippen LogP contribution in [0.25, 0.3) is 0 Å². The second-order valence-corrected chi connectivity index (χ2v) is 7.19. The van der Waals surface area contributed by atoms with Gasteiger partial charge in [-0.25, -0.2) is 9.59 Å². The van der Waals surface area contributed by atoms with E-state index < -0.39 is 11.9 Å². The van der Waals surface area contributed by atoms with Crippen LogP contribution >= 0.6 is 11.3 Å². The van der Waals surface area contributed by atoms with Gasteiger partial charge in [-0.15, -0.1) is 11.3 Å². The molecular formula is C16H20N2O5S. The second-order valence-electron chi connectivity index (χ2n) is 6.08. The molecule has 0 bridgehead atoms. The maximum atomic E-state index is 12.5. The third-order valence-electron chi connectivity index (χ3n) is 4.66. The number of piperidine rings is 1. The van der Waals surface area contributed by atoms with Gasteiger partial charge in [-0.05, 0) is 37.7 Å². The van der Waals surface area contributed by atoms with Crippen LogP contribution in [0.1, 0.15) is 40.1 Å². The third-order valence-corrected chi connectivity index (χ3v) is 5.87. The molecule has 2 aliphatic rings. The minimum absolute atomic E-state index is 0.288. The van der Waals surface area contributed by atoms with E-state index in [0.29, 0.717) is 36.5 Å². The Labute approximate surface area is 143 Å². The number of esters is 1. The largest absolute Gasteiger partial charge is 0.481 e. The van der Waals surface area contributed by atoms with E-state index in [1.807, 2.05) is 0 Å². The lowest BCUT2D eigenvalue weighted by Gasteiger charge is -2.30. The van der Waals surface area contributed by atoms with E-state index in [9.17, 15) is 14.4 Å². The number of carboxylic acids is 1. The Morgan fingerprint density at radius 2 is 1.96 bits per heavy atom. The Bertz CT molecular complexity index is 676. The predicted molar refractivity (Wildman–Crippen MR) is 88.6 cm³/mol. The molecule has 0 aromatic carbocycles. The van der Waals surface area contributed by atoms with Gasteiger partial charge in [0.25, 0.3) is 0 Å². The third kappa shape index (κ3) is 3.10. The number of carbonyl (C=O) groups excluding carboxylic acids is 2. The molecule has 2 amide bonds. The predicted octanol–water partition coefficient (Wildman–Crippen LogP) is 2.35. The topological polar surface area (TPSA) is 95.9 Å². The summed E-state index contributed by atoms with van der Waals surface area (Å²) in [5, 5.41) is 12.4. The summed E-state index contributed by atoms with van der Waals surface area (Å²) in [4.78, 5) is 38.3. The molecule has 1 fully saturated rings. The van der Waals surface area contributed by atoms with Gasteiger partial charge in [0.15, 0.2) is 0 Å². The molecule has 130 valence electrons. The van der Waals surface area contributed by atoms with E-state index >= 15 is 0 Å². The standard InChI is InChI=1S/C16H20N2O5S/c1-23-15(21)12-10-3-2-4-11(10)24-13(12)17-16(22)18-7-5-9(6-8-18)14(19)20/h9H,2-8H2,1H3,(H,17,22)(H,19,20). The number of thiophene rings is 1. The van der Waals surface area contributed by atoms with E-state index in [2.05, 4.69) is 5.32 Å². The molecule has 1 aromatic heterocycles. The lowest BCUT2D eigenvalue weighted by molar-refractivity contribution is -0.143. The van der Waals surface area contributed by atoms with Crippen LogP contribution in [0, 0.1) is 5.92 Å². The summed E-state index contributed by atoms with van der Waals surface area (Å²) in [6, 6.07) is -0.288. The van der Waals surface area contributed by atoms with E-state index in [1.54, 1.807) is 4.90 Å². The van der Waals surface area contributed by atoms with E-state index in [4.69, 9.17) is 9.84 Å². The average molecular weight is 352 g/mol. The van der Waals surface area contributed by atoms with Crippen LogP contribution < -0.4 is 5.32 Å². The first-order chi connectivity index (χ1) is 11.5. The molecule has 1 saturated heterocycles. The number of hydrogen-bond acceptors (Lipinski definition) is 5. The highest BCUT2D eigenvalue weighted by Gasteiger charge is 2.31. The lowest BCUT2D eigenvalue weighted by Crippen LogP contribution is -2.42. The molecular weight excluding hydrogens is 332 g/mol. The Morgan fingerprint density at radius 1 is 1.25 bits per heavy atom. The summed E-state index contributed by atoms with van der Waals surface area (Å²) in [5.41, 5.74) is 1.47. The molecule has 0 unspecified atom stereocenters. The molecule has 0 saturated carbocycles. The number of aliphatic carboxylic acids is 1. The van der Waals surface area contributed by atoms with Crippen molar-refractivity contribution in [3.05, 3.63) is 16.0 Å². The van der Waals surface area contributed by atoms with Crippen LogP contribution in [0.2, 0.25) is 0 Å². The number of anilines is 1. The van der Waals surface area contributed by atoms with Crippen molar-refractivity contribution in [2.24, 2.45) is 5.92 Å². The van der Waals surface area contributed by atoms with Crippen LogP contribution in [0.3, 0.4) is 0 Å². The lowest BCUT2D eigenvalue weighted by atomic mass is 9.97. The molecule has 0 atom stereocenters. The number of ether oxygens (including phenoxy) is 1. The van der Waals surface area contributed by atoms with Crippen molar-refractivity contribution >= 4 is 34.3 Å². The highest BCUT2D eigenvalue weighted by Crippen LogP contribution is 2.39. The summed E-state index contributed by atoms with van der Waals surface area (Å²) in [5.74, 6) is -1.61. The number of rotatable bonds is 3. The van der Waals surface area contributed by atoms with Gasteiger partial charge in [0, 0.05) is 18.0 Å². The highest BCUT2D eigenvalue weighted by molar-refractivity contribution is 7.17. The Kier molecular flexibility index (Phi) is 4.75. The van der Waals surface area contributed by atoms with Crippen molar-refractivity contribution in [3.8, 4) is 0 Å². The molecule has 0 spiro atoms. The van der Waals surface area contributed by atoms with Crippen molar-refractivity contribution in [2.75, 3.05) is 25.5 Å². The first-order valence-electron chi connectivity index (χ1n) is 8.02. The van der Waals surface area contributed by atoms with Crippen molar-refractivity contribution in [1.29, 1.82) is 0 Å². The number of methoxy groups -OCH3 is 1. The van der Waals surface area contributed by atoms with Crippen molar-refractivity contribution in [1.82, 2.24) is 4.90 Å². The van der Waals surface area contributed by atoms with E-state index in [0.717, 1.165) is 29.7 Å². The van der Waals surface area contributed by atoms with Gasteiger partial charge >= 0.3 is 18.0 Å². The molecule has 2 N–H and O–H groups in total. The van der Waals surface area contributed by atoms with Gasteiger partial charge in [0.1, 0.15) is 5.00 Å². The Balaban J connectivity index is 1.71. The van der Waals surface area contributed by atoms with E-state index in [1.165, 1.54) is 18.4 Å². The molecule has 2 heterocycles. The number of aryl methyl sites for hydroxylation is 1. The van der Waals surface area contributed by atoms with Gasteiger partial charge in [0.05, 0.1) is 18.6 Å². The van der Waals surface area contributed by atoms with Crippen molar-refractivity contribution in [2.45, 2.75) is 32.1 Å². The zero-order valence-corrected chi connectivity index (χ0v) is 14.3. The van der Waals surface area contributed by atoms with Gasteiger partial charge in [-0.1, -0.05) is 0 Å². The molecule has 1 aromatic rings. The average Bonchev–Trinajstić information content (AvgIpc) is 3.14. The zero-order chi connectivity index (χ0) is 17.3. The van der Waals surface area contributed by atoms with Crippen LogP contribution in [-0.2, 0) is 22.4 Å². The first kappa shape index (κ1) is 16.8. The number of amides is 2. The summed E-state index contributed by atoms with van der Waals surface area (Å²) in [7, 11) is 1.34. The Hall–Kier alpha value is -2.09. The maximum Gasteiger partial charge on any atom is 0.341 e. The minimum Gasteiger partial charge on any atom is -0.481 e. The maximum absolute atomic E-state index is 12.5. The fourth-order valence-corrected chi connectivity index (χ4v) is 4.58. The summed E-state index contributed by atoms with van der Waals surface area (Å²) in [6.45, 7) is 0.808. The number of nitrogens with one attached hydrogen (secondary N) is 1. The number of fused-ring (bicyclic) bond motifs is 1. The number of carbonyl (C=O) groups is 3. The normalized spacial score (nSPS) is 17.5. The molecule has 1 aliphatic carbocycles. The van der Waals surface area contributed by atoms with Gasteiger partial charge in [0.2, 0.25) is 0 Å². The Morgan fingerprint density at radius 3 is 2.58 bits per heavy atom. The number of urea groups is 1. The SMILES string of the molecule is COC(=O)c1c(NC(=O)N2CCC(C(=O)O)CC2)sc2c1CCC2. The minimum atomic E-state index is -0.808. The molecule has 1 aliphatic heterocycles. The number of carboxylic acid groups (broad SMARTS) is 1. The van der Waals surface area contributed by atoms with Gasteiger partial charge < -0.3 is 14.7 Å². The van der Waals surface area contributed by atoms with Crippen LogP contribution in [-0.4, -0.2) is 48.2 Å². The van der Waals surface area contributed by atoms with Crippen molar-refractivity contribution < 1.29 is 24.2 Å².